The molecule has 3 aromatic heterocycles. The van der Waals surface area contributed by atoms with Crippen molar-refractivity contribution in [1.82, 2.24) is 24.8 Å². The monoisotopic (exact) mass is 633 g/mol. The number of rotatable bonds is 9. The molecule has 48 heavy (non-hydrogen) atoms. The van der Waals surface area contributed by atoms with Crippen LogP contribution in [0.15, 0.2) is 65.2 Å². The first-order chi connectivity index (χ1) is 23.5. The second-order valence-corrected chi connectivity index (χ2v) is 13.0. The van der Waals surface area contributed by atoms with Crippen molar-refractivity contribution < 1.29 is 9.21 Å². The molecule has 8 rings (SSSR count). The molecule has 0 radical (unpaired) electrons. The van der Waals surface area contributed by atoms with E-state index in [4.69, 9.17) is 19.4 Å². The Balaban J connectivity index is 1.10. The molecule has 238 valence electrons. The van der Waals surface area contributed by atoms with Gasteiger partial charge in [-0.1, -0.05) is 24.3 Å². The molecule has 0 bridgehead atoms. The van der Waals surface area contributed by atoms with Gasteiger partial charge in [0, 0.05) is 35.5 Å². The van der Waals surface area contributed by atoms with Gasteiger partial charge in [0.15, 0.2) is 11.4 Å². The minimum atomic E-state index is 0.292. The number of benzene rings is 3. The lowest BCUT2D eigenvalue weighted by Gasteiger charge is -2.17. The van der Waals surface area contributed by atoms with Crippen LogP contribution < -0.4 is 5.32 Å². The SMILES string of the molecule is Cc1c(Cc2cccc(-c3nc4cc(C=O)cc(C#N)c4o3)c2C)cccc1Nc1nc(C2CC2)nc2cc(CN3CCCC3)cnc12. The number of aldehydes is 1. The number of hydrogen-bond acceptors (Lipinski definition) is 9. The predicted octanol–water partition coefficient (Wildman–Crippen LogP) is 7.94. The Kier molecular flexibility index (Phi) is 7.66. The predicted molar refractivity (Wildman–Crippen MR) is 185 cm³/mol. The second kappa shape index (κ2) is 12.3. The summed E-state index contributed by atoms with van der Waals surface area (Å²) in [7, 11) is 0. The van der Waals surface area contributed by atoms with E-state index in [9.17, 15) is 10.1 Å². The van der Waals surface area contributed by atoms with E-state index in [0.29, 0.717) is 46.7 Å². The molecule has 1 aliphatic heterocycles. The van der Waals surface area contributed by atoms with Gasteiger partial charge in [-0.15, -0.1) is 0 Å². The lowest BCUT2D eigenvalue weighted by atomic mass is 9.94. The van der Waals surface area contributed by atoms with Gasteiger partial charge in [-0.2, -0.15) is 5.26 Å². The number of pyridine rings is 1. The van der Waals surface area contributed by atoms with E-state index in [2.05, 4.69) is 65.4 Å². The summed E-state index contributed by atoms with van der Waals surface area (Å²) < 4.78 is 6.10. The minimum absolute atomic E-state index is 0.292. The molecule has 0 unspecified atom stereocenters. The first kappa shape index (κ1) is 29.9. The zero-order chi connectivity index (χ0) is 32.8. The number of fused-ring (bicyclic) bond motifs is 2. The summed E-state index contributed by atoms with van der Waals surface area (Å²) in [6, 6.07) is 19.9. The molecule has 0 atom stereocenters. The number of hydrogen-bond donors (Lipinski definition) is 1. The number of nitrogens with one attached hydrogen (secondary N) is 1. The molecular formula is C39H35N7O2. The third kappa shape index (κ3) is 5.69. The first-order valence-corrected chi connectivity index (χ1v) is 16.6. The molecular weight excluding hydrogens is 598 g/mol. The van der Waals surface area contributed by atoms with Gasteiger partial charge >= 0.3 is 0 Å². The normalized spacial score (nSPS) is 14.9. The van der Waals surface area contributed by atoms with Crippen LogP contribution in [0.3, 0.4) is 0 Å². The number of aromatic nitrogens is 4. The summed E-state index contributed by atoms with van der Waals surface area (Å²) in [5.74, 6) is 2.49. The van der Waals surface area contributed by atoms with E-state index < -0.39 is 0 Å². The maximum atomic E-state index is 11.4. The van der Waals surface area contributed by atoms with Crippen molar-refractivity contribution in [2.24, 2.45) is 0 Å². The van der Waals surface area contributed by atoms with Gasteiger partial charge in [-0.25, -0.2) is 15.0 Å². The third-order valence-corrected chi connectivity index (χ3v) is 9.68. The number of oxazole rings is 1. The molecule has 0 spiro atoms. The number of nitrogens with zero attached hydrogens (tertiary/aromatic N) is 6. The van der Waals surface area contributed by atoms with Crippen LogP contribution in [-0.2, 0) is 13.0 Å². The summed E-state index contributed by atoms with van der Waals surface area (Å²) in [5, 5.41) is 13.3. The molecule has 1 N–H and O–H groups in total. The topological polar surface area (TPSA) is 121 Å². The molecule has 6 aromatic rings. The van der Waals surface area contributed by atoms with Gasteiger partial charge in [0.05, 0.1) is 11.1 Å². The van der Waals surface area contributed by atoms with E-state index in [0.717, 1.165) is 83.1 Å². The molecule has 1 saturated carbocycles. The molecule has 4 heterocycles. The Morgan fingerprint density at radius 2 is 1.77 bits per heavy atom. The van der Waals surface area contributed by atoms with Crippen molar-refractivity contribution in [1.29, 1.82) is 5.26 Å². The molecule has 2 aliphatic rings. The van der Waals surface area contributed by atoms with Crippen LogP contribution in [0.4, 0.5) is 11.5 Å². The summed E-state index contributed by atoms with van der Waals surface area (Å²) in [5.41, 5.74) is 10.8. The fourth-order valence-electron chi connectivity index (χ4n) is 6.75. The van der Waals surface area contributed by atoms with Crippen molar-refractivity contribution in [3.05, 3.63) is 106 Å². The van der Waals surface area contributed by atoms with Crippen molar-refractivity contribution in [3.8, 4) is 17.5 Å². The summed E-state index contributed by atoms with van der Waals surface area (Å²) in [6.45, 7) is 7.40. The number of nitriles is 1. The quantitative estimate of drug-likeness (QED) is 0.158. The van der Waals surface area contributed by atoms with E-state index >= 15 is 0 Å². The maximum absolute atomic E-state index is 11.4. The summed E-state index contributed by atoms with van der Waals surface area (Å²) in [4.78, 5) is 33.4. The Morgan fingerprint density at radius 3 is 2.54 bits per heavy atom. The van der Waals surface area contributed by atoms with Crippen molar-refractivity contribution in [2.45, 2.75) is 58.4 Å². The molecule has 1 saturated heterocycles. The van der Waals surface area contributed by atoms with Crippen molar-refractivity contribution in [3.63, 3.8) is 0 Å². The smallest absolute Gasteiger partial charge is 0.227 e. The highest BCUT2D eigenvalue weighted by atomic mass is 16.3. The van der Waals surface area contributed by atoms with E-state index in [1.807, 2.05) is 18.3 Å². The molecule has 9 heteroatoms. The molecule has 1 aliphatic carbocycles. The highest BCUT2D eigenvalue weighted by molar-refractivity contribution is 5.90. The number of carbonyl (C=O) groups excluding carboxylic acids is 1. The van der Waals surface area contributed by atoms with Gasteiger partial charge in [-0.3, -0.25) is 14.7 Å². The lowest BCUT2D eigenvalue weighted by Crippen LogP contribution is -2.18. The fourth-order valence-corrected chi connectivity index (χ4v) is 6.75. The minimum Gasteiger partial charge on any atom is -0.435 e. The number of anilines is 2. The van der Waals surface area contributed by atoms with Gasteiger partial charge in [0.1, 0.15) is 29.2 Å². The number of carbonyl (C=O) groups is 1. The van der Waals surface area contributed by atoms with Crippen LogP contribution in [0.1, 0.15) is 81.2 Å². The fraction of sp³-hybridized carbons (Fsp3) is 0.282. The number of likely N-dealkylation sites (tertiary alicyclic amines) is 1. The van der Waals surface area contributed by atoms with Crippen LogP contribution in [0.5, 0.6) is 0 Å². The van der Waals surface area contributed by atoms with Crippen LogP contribution in [0.2, 0.25) is 0 Å². The largest absolute Gasteiger partial charge is 0.435 e. The van der Waals surface area contributed by atoms with E-state index in [1.165, 1.54) is 30.0 Å². The average molecular weight is 634 g/mol. The Labute approximate surface area is 278 Å². The summed E-state index contributed by atoms with van der Waals surface area (Å²) in [6.07, 6.45) is 8.18. The Morgan fingerprint density at radius 1 is 0.979 bits per heavy atom. The molecule has 0 amide bonds. The van der Waals surface area contributed by atoms with Crippen LogP contribution in [-0.4, -0.2) is 44.2 Å². The second-order valence-electron chi connectivity index (χ2n) is 13.0. The zero-order valence-electron chi connectivity index (χ0n) is 27.1. The maximum Gasteiger partial charge on any atom is 0.227 e. The Hall–Kier alpha value is -5.46. The molecule has 2 fully saturated rings. The van der Waals surface area contributed by atoms with Gasteiger partial charge in [0.2, 0.25) is 5.89 Å². The van der Waals surface area contributed by atoms with Gasteiger partial charge in [-0.05, 0) is 117 Å². The van der Waals surface area contributed by atoms with Crippen LogP contribution in [0, 0.1) is 25.2 Å². The zero-order valence-corrected chi connectivity index (χ0v) is 27.1. The average Bonchev–Trinajstić information content (AvgIpc) is 3.66. The highest BCUT2D eigenvalue weighted by Crippen LogP contribution is 2.40. The lowest BCUT2D eigenvalue weighted by molar-refractivity contribution is 0.112. The van der Waals surface area contributed by atoms with Gasteiger partial charge < -0.3 is 9.73 Å². The van der Waals surface area contributed by atoms with E-state index in [1.54, 1.807) is 6.07 Å². The third-order valence-electron chi connectivity index (χ3n) is 9.68. The van der Waals surface area contributed by atoms with Crippen molar-refractivity contribution >= 4 is 39.9 Å². The first-order valence-electron chi connectivity index (χ1n) is 16.6. The van der Waals surface area contributed by atoms with E-state index in [-0.39, 0.29) is 0 Å². The van der Waals surface area contributed by atoms with Gasteiger partial charge in [0.25, 0.3) is 0 Å². The summed E-state index contributed by atoms with van der Waals surface area (Å²) >= 11 is 0. The highest BCUT2D eigenvalue weighted by Gasteiger charge is 2.28. The van der Waals surface area contributed by atoms with Crippen LogP contribution in [0.25, 0.3) is 33.6 Å². The van der Waals surface area contributed by atoms with Crippen molar-refractivity contribution in [2.75, 3.05) is 18.4 Å². The molecule has 9 nitrogen and oxygen atoms in total. The standard InChI is InChI=1S/C39H35N7O2/c1-23-28(7-5-9-31(23)39-44-34-16-25(22-47)15-30(19-40)36(34)48-39)18-29-8-6-10-32(24(29)2)42-38-35-33(43-37(45-38)27-11-12-27)17-26(20-41-35)21-46-13-3-4-14-46/h5-10,15-17,20,22,27H,3-4,11-14,18,21H2,1-2H3,(H,42,43,45). The molecule has 3 aromatic carbocycles. The Bertz CT molecular complexity index is 2260. The van der Waals surface area contributed by atoms with Crippen LogP contribution >= 0.6 is 0 Å².